The molecule has 14 heavy (non-hydrogen) atoms. The molecule has 5 heteroatoms. The van der Waals surface area contributed by atoms with E-state index in [9.17, 15) is 9.18 Å². The number of amides is 1. The summed E-state index contributed by atoms with van der Waals surface area (Å²) in [6, 6.07) is 1.52. The van der Waals surface area contributed by atoms with Gasteiger partial charge >= 0.3 is 0 Å². The molecule has 1 aliphatic rings. The Balaban J connectivity index is 2.31. The predicted octanol–water partition coefficient (Wildman–Crippen LogP) is 1.48. The van der Waals surface area contributed by atoms with Crippen molar-refractivity contribution >= 4 is 17.5 Å². The van der Waals surface area contributed by atoms with Crippen molar-refractivity contribution in [1.29, 1.82) is 0 Å². The lowest BCUT2D eigenvalue weighted by molar-refractivity contribution is -0.119. The fraction of sp³-hybridized carbons (Fsp3) is 0.333. The monoisotopic (exact) mass is 214 g/mol. The van der Waals surface area contributed by atoms with Crippen LogP contribution >= 0.6 is 11.6 Å². The van der Waals surface area contributed by atoms with E-state index in [-0.39, 0.29) is 11.8 Å². The minimum Gasteiger partial charge on any atom is -0.355 e. The first-order valence-electron chi connectivity index (χ1n) is 4.24. The Labute approximate surface area is 85.3 Å². The van der Waals surface area contributed by atoms with Crippen molar-refractivity contribution in [1.82, 2.24) is 10.3 Å². The van der Waals surface area contributed by atoms with Crippen molar-refractivity contribution in [2.24, 2.45) is 0 Å². The minimum atomic E-state index is -0.545. The number of hydrogen-bond acceptors (Lipinski definition) is 2. The third-order valence-corrected chi connectivity index (χ3v) is 2.46. The largest absolute Gasteiger partial charge is 0.355 e. The zero-order chi connectivity index (χ0) is 10.1. The van der Waals surface area contributed by atoms with Crippen LogP contribution in [-0.4, -0.2) is 17.4 Å². The Morgan fingerprint density at radius 2 is 2.43 bits per heavy atom. The Bertz CT molecular complexity index is 383. The normalized spacial score (nSPS) is 21.0. The number of halogens is 2. The molecule has 0 bridgehead atoms. The third kappa shape index (κ3) is 1.70. The van der Waals surface area contributed by atoms with Crippen LogP contribution in [0.5, 0.6) is 0 Å². The molecular weight excluding hydrogens is 207 g/mol. The van der Waals surface area contributed by atoms with Gasteiger partial charge in [-0.25, -0.2) is 4.98 Å². The van der Waals surface area contributed by atoms with Crippen molar-refractivity contribution < 1.29 is 9.18 Å². The molecule has 74 valence electrons. The maximum Gasteiger partial charge on any atom is 0.220 e. The summed E-state index contributed by atoms with van der Waals surface area (Å²) in [6.07, 6.45) is 1.56. The van der Waals surface area contributed by atoms with Crippen LogP contribution in [0, 0.1) is 5.95 Å². The molecule has 3 nitrogen and oxygen atoms in total. The lowest BCUT2D eigenvalue weighted by Gasteiger charge is -2.07. The predicted molar refractivity (Wildman–Crippen MR) is 49.6 cm³/mol. The van der Waals surface area contributed by atoms with Gasteiger partial charge in [-0.15, -0.1) is 0 Å². The number of nitrogens with one attached hydrogen (secondary N) is 1. The van der Waals surface area contributed by atoms with Gasteiger partial charge in [0.25, 0.3) is 0 Å². The summed E-state index contributed by atoms with van der Waals surface area (Å²) in [5.74, 6) is -0.751. The topological polar surface area (TPSA) is 42.0 Å². The quantitative estimate of drug-likeness (QED) is 0.720. The van der Waals surface area contributed by atoms with Gasteiger partial charge in [-0.2, -0.15) is 4.39 Å². The Morgan fingerprint density at radius 1 is 1.64 bits per heavy atom. The summed E-state index contributed by atoms with van der Waals surface area (Å²) < 4.78 is 13.2. The number of pyridine rings is 1. The summed E-state index contributed by atoms with van der Waals surface area (Å²) in [5.41, 5.74) is 0.413. The molecule has 0 saturated carbocycles. The second-order valence-corrected chi connectivity index (χ2v) is 3.68. The van der Waals surface area contributed by atoms with Gasteiger partial charge in [-0.3, -0.25) is 4.79 Å². The van der Waals surface area contributed by atoms with Gasteiger partial charge in [0.1, 0.15) is 0 Å². The molecule has 1 unspecified atom stereocenters. The van der Waals surface area contributed by atoms with Gasteiger partial charge in [-0.05, 0) is 6.07 Å². The Morgan fingerprint density at radius 3 is 3.07 bits per heavy atom. The zero-order valence-corrected chi connectivity index (χ0v) is 8.01. The zero-order valence-electron chi connectivity index (χ0n) is 7.26. The molecule has 1 atom stereocenters. The Kier molecular flexibility index (Phi) is 2.37. The number of rotatable bonds is 1. The van der Waals surface area contributed by atoms with E-state index in [1.807, 2.05) is 0 Å². The summed E-state index contributed by atoms with van der Waals surface area (Å²) >= 11 is 5.70. The highest BCUT2D eigenvalue weighted by atomic mass is 35.5. The molecule has 1 aromatic heterocycles. The SMILES string of the molecule is O=C1CC(c2cc(Cl)cnc2F)CN1. The number of nitrogens with zero attached hydrogens (tertiary/aromatic N) is 1. The summed E-state index contributed by atoms with van der Waals surface area (Å²) in [5, 5.41) is 3.03. The molecule has 0 aromatic carbocycles. The van der Waals surface area contributed by atoms with E-state index in [0.717, 1.165) is 0 Å². The first-order chi connectivity index (χ1) is 6.66. The van der Waals surface area contributed by atoms with Crippen LogP contribution in [-0.2, 0) is 4.79 Å². The number of carbonyl (C=O) groups is 1. The molecule has 1 amide bonds. The van der Waals surface area contributed by atoms with Gasteiger partial charge < -0.3 is 5.32 Å². The maximum absolute atomic E-state index is 13.2. The summed E-state index contributed by atoms with van der Waals surface area (Å²) in [7, 11) is 0. The molecular formula is C9H8ClFN2O. The number of hydrogen-bond donors (Lipinski definition) is 1. The fourth-order valence-electron chi connectivity index (χ4n) is 1.55. The first-order valence-corrected chi connectivity index (χ1v) is 4.62. The lowest BCUT2D eigenvalue weighted by atomic mass is 10.00. The third-order valence-electron chi connectivity index (χ3n) is 2.25. The van der Waals surface area contributed by atoms with Crippen LogP contribution in [0.2, 0.25) is 5.02 Å². The highest BCUT2D eigenvalue weighted by Gasteiger charge is 2.26. The average molecular weight is 215 g/mol. The van der Waals surface area contributed by atoms with E-state index in [4.69, 9.17) is 11.6 Å². The second-order valence-electron chi connectivity index (χ2n) is 3.24. The average Bonchev–Trinajstić information content (AvgIpc) is 2.56. The van der Waals surface area contributed by atoms with E-state index >= 15 is 0 Å². The van der Waals surface area contributed by atoms with Gasteiger partial charge in [0.05, 0.1) is 5.02 Å². The number of carbonyl (C=O) groups excluding carboxylic acids is 1. The molecule has 0 radical (unpaired) electrons. The van der Waals surface area contributed by atoms with Crippen molar-refractivity contribution in [3.8, 4) is 0 Å². The molecule has 1 saturated heterocycles. The van der Waals surface area contributed by atoms with Crippen molar-refractivity contribution in [2.75, 3.05) is 6.54 Å². The standard InChI is InChI=1S/C9H8ClFN2O/c10-6-2-7(9(11)13-4-6)5-1-8(14)12-3-5/h2,4-5H,1,3H2,(H,12,14). The van der Waals surface area contributed by atoms with Gasteiger partial charge in [0, 0.05) is 30.6 Å². The molecule has 1 fully saturated rings. The van der Waals surface area contributed by atoms with Crippen molar-refractivity contribution in [3.05, 3.63) is 28.8 Å². The van der Waals surface area contributed by atoms with E-state index in [1.54, 1.807) is 0 Å². The van der Waals surface area contributed by atoms with Crippen LogP contribution < -0.4 is 5.32 Å². The van der Waals surface area contributed by atoms with Gasteiger partial charge in [0.15, 0.2) is 0 Å². The van der Waals surface area contributed by atoms with Gasteiger partial charge in [0.2, 0.25) is 11.9 Å². The maximum atomic E-state index is 13.2. The van der Waals surface area contributed by atoms with E-state index in [1.165, 1.54) is 12.3 Å². The highest BCUT2D eigenvalue weighted by Crippen LogP contribution is 2.26. The first kappa shape index (κ1) is 9.40. The summed E-state index contributed by atoms with van der Waals surface area (Å²) in [4.78, 5) is 14.4. The van der Waals surface area contributed by atoms with Crippen molar-refractivity contribution in [3.63, 3.8) is 0 Å². The molecule has 0 spiro atoms. The van der Waals surface area contributed by atoms with E-state index in [2.05, 4.69) is 10.3 Å². The fourth-order valence-corrected chi connectivity index (χ4v) is 1.72. The Hall–Kier alpha value is -1.16. The smallest absolute Gasteiger partial charge is 0.220 e. The second kappa shape index (κ2) is 3.53. The van der Waals surface area contributed by atoms with Crippen molar-refractivity contribution in [2.45, 2.75) is 12.3 Å². The molecule has 1 aliphatic heterocycles. The molecule has 2 rings (SSSR count). The van der Waals surface area contributed by atoms with Crippen LogP contribution in [0.15, 0.2) is 12.3 Å². The molecule has 0 aliphatic carbocycles. The van der Waals surface area contributed by atoms with Crippen LogP contribution in [0.4, 0.5) is 4.39 Å². The van der Waals surface area contributed by atoms with Gasteiger partial charge in [-0.1, -0.05) is 11.6 Å². The highest BCUT2D eigenvalue weighted by molar-refractivity contribution is 6.30. The van der Waals surface area contributed by atoms with Crippen LogP contribution in [0.25, 0.3) is 0 Å². The van der Waals surface area contributed by atoms with E-state index < -0.39 is 5.95 Å². The molecule has 1 aromatic rings. The minimum absolute atomic E-state index is 0.0608. The lowest BCUT2D eigenvalue weighted by Crippen LogP contribution is -2.13. The summed E-state index contributed by atoms with van der Waals surface area (Å²) in [6.45, 7) is 0.456. The number of aromatic nitrogens is 1. The van der Waals surface area contributed by atoms with Crippen LogP contribution in [0.3, 0.4) is 0 Å². The molecule has 2 heterocycles. The van der Waals surface area contributed by atoms with E-state index in [0.29, 0.717) is 23.6 Å². The molecule has 1 N–H and O–H groups in total. The van der Waals surface area contributed by atoms with Crippen LogP contribution in [0.1, 0.15) is 17.9 Å².